The van der Waals surface area contributed by atoms with Crippen molar-refractivity contribution in [3.8, 4) is 0 Å². The molecule has 2 heteroatoms. The summed E-state index contributed by atoms with van der Waals surface area (Å²) in [5.41, 5.74) is 0. The maximum absolute atomic E-state index is 12.2. The van der Waals surface area contributed by atoms with Gasteiger partial charge in [0.25, 0.3) is 0 Å². The molecule has 16 heavy (non-hydrogen) atoms. The molecule has 0 aliphatic heterocycles. The van der Waals surface area contributed by atoms with Crippen molar-refractivity contribution in [2.75, 3.05) is 0 Å². The largest absolute Gasteiger partial charge is 0.299 e. The number of carbonyl (C=O) groups is 2. The SMILES string of the molecule is O=C1C[C@@H]2CCC[C@H]2C(=O)C[C@H]2CCC[C@H]12. The van der Waals surface area contributed by atoms with Crippen molar-refractivity contribution in [1.82, 2.24) is 0 Å². The van der Waals surface area contributed by atoms with E-state index < -0.39 is 0 Å². The average molecular weight is 220 g/mol. The molecule has 3 fully saturated rings. The number of hydrogen-bond acceptors (Lipinski definition) is 2. The highest BCUT2D eigenvalue weighted by molar-refractivity contribution is 5.88. The predicted octanol–water partition coefficient (Wildman–Crippen LogP) is 2.75. The van der Waals surface area contributed by atoms with E-state index in [1.54, 1.807) is 0 Å². The third-order valence-electron chi connectivity index (χ3n) is 5.07. The number of rotatable bonds is 0. The van der Waals surface area contributed by atoms with Gasteiger partial charge in [-0.3, -0.25) is 9.59 Å². The van der Waals surface area contributed by atoms with Gasteiger partial charge in [-0.15, -0.1) is 0 Å². The summed E-state index contributed by atoms with van der Waals surface area (Å²) < 4.78 is 0. The highest BCUT2D eigenvalue weighted by Gasteiger charge is 2.42. The van der Waals surface area contributed by atoms with Crippen molar-refractivity contribution in [3.05, 3.63) is 0 Å². The van der Waals surface area contributed by atoms with Gasteiger partial charge in [0.2, 0.25) is 0 Å². The summed E-state index contributed by atoms with van der Waals surface area (Å²) in [4.78, 5) is 24.4. The van der Waals surface area contributed by atoms with Gasteiger partial charge in [0.1, 0.15) is 11.6 Å². The van der Waals surface area contributed by atoms with E-state index >= 15 is 0 Å². The van der Waals surface area contributed by atoms with E-state index in [0.717, 1.165) is 38.5 Å². The first-order valence-corrected chi connectivity index (χ1v) is 6.81. The second kappa shape index (κ2) is 3.97. The minimum atomic E-state index is 0.241. The lowest BCUT2D eigenvalue weighted by atomic mass is 9.75. The van der Waals surface area contributed by atoms with Gasteiger partial charge in [-0.25, -0.2) is 0 Å². The topological polar surface area (TPSA) is 34.1 Å². The lowest BCUT2D eigenvalue weighted by molar-refractivity contribution is -0.131. The Morgan fingerprint density at radius 1 is 0.688 bits per heavy atom. The molecule has 2 nitrogen and oxygen atoms in total. The molecule has 0 spiro atoms. The maximum Gasteiger partial charge on any atom is 0.136 e. The number of ketones is 2. The molecule has 0 heterocycles. The van der Waals surface area contributed by atoms with Crippen molar-refractivity contribution in [2.45, 2.75) is 51.4 Å². The van der Waals surface area contributed by atoms with Crippen LogP contribution in [-0.2, 0) is 9.59 Å². The second-order valence-electron chi connectivity index (χ2n) is 5.94. The van der Waals surface area contributed by atoms with Crippen LogP contribution in [0.3, 0.4) is 0 Å². The van der Waals surface area contributed by atoms with Gasteiger partial charge in [0.15, 0.2) is 0 Å². The molecular weight excluding hydrogens is 200 g/mol. The van der Waals surface area contributed by atoms with Gasteiger partial charge in [-0.2, -0.15) is 0 Å². The fourth-order valence-electron chi connectivity index (χ4n) is 4.23. The maximum atomic E-state index is 12.2. The molecule has 0 radical (unpaired) electrons. The number of carbonyl (C=O) groups excluding carboxylic acids is 2. The van der Waals surface area contributed by atoms with E-state index in [2.05, 4.69) is 0 Å². The van der Waals surface area contributed by atoms with Crippen LogP contribution in [0.1, 0.15) is 51.4 Å². The Kier molecular flexibility index (Phi) is 2.61. The molecule has 0 saturated heterocycles. The molecule has 3 aliphatic carbocycles. The van der Waals surface area contributed by atoms with Crippen LogP contribution in [0.5, 0.6) is 0 Å². The van der Waals surface area contributed by atoms with Gasteiger partial charge in [0, 0.05) is 24.7 Å². The van der Waals surface area contributed by atoms with Gasteiger partial charge < -0.3 is 0 Å². The smallest absolute Gasteiger partial charge is 0.136 e. The Morgan fingerprint density at radius 3 is 1.56 bits per heavy atom. The minimum Gasteiger partial charge on any atom is -0.299 e. The Morgan fingerprint density at radius 2 is 1.12 bits per heavy atom. The summed E-state index contributed by atoms with van der Waals surface area (Å²) in [7, 11) is 0. The van der Waals surface area contributed by atoms with Crippen LogP contribution >= 0.6 is 0 Å². The fourth-order valence-corrected chi connectivity index (χ4v) is 4.23. The fraction of sp³-hybridized carbons (Fsp3) is 0.857. The van der Waals surface area contributed by atoms with Gasteiger partial charge >= 0.3 is 0 Å². The van der Waals surface area contributed by atoms with Crippen LogP contribution in [0.15, 0.2) is 0 Å². The number of hydrogen-bond donors (Lipinski definition) is 0. The Bertz CT molecular complexity index is 289. The summed E-state index contributed by atoms with van der Waals surface area (Å²) in [6, 6.07) is 0. The average Bonchev–Trinajstić information content (AvgIpc) is 2.84. The number of fused-ring (bicyclic) bond motifs is 2. The molecule has 0 N–H and O–H groups in total. The summed E-state index contributed by atoms with van der Waals surface area (Å²) in [5.74, 6) is 2.25. The van der Waals surface area contributed by atoms with Gasteiger partial charge in [-0.05, 0) is 37.5 Å². The summed E-state index contributed by atoms with van der Waals surface area (Å²) >= 11 is 0. The summed E-state index contributed by atoms with van der Waals surface area (Å²) in [5, 5.41) is 0. The van der Waals surface area contributed by atoms with Crippen LogP contribution in [0.25, 0.3) is 0 Å². The first-order chi connectivity index (χ1) is 7.75. The molecule has 3 aliphatic rings. The first kappa shape index (κ1) is 10.5. The zero-order valence-corrected chi connectivity index (χ0v) is 9.78. The Hall–Kier alpha value is -0.660. The zero-order valence-electron chi connectivity index (χ0n) is 9.78. The minimum absolute atomic E-state index is 0.241. The Labute approximate surface area is 96.8 Å². The zero-order chi connectivity index (χ0) is 11.1. The molecule has 0 aromatic carbocycles. The van der Waals surface area contributed by atoms with E-state index in [1.165, 1.54) is 0 Å². The van der Waals surface area contributed by atoms with Gasteiger partial charge in [-0.1, -0.05) is 12.8 Å². The first-order valence-electron chi connectivity index (χ1n) is 6.81. The van der Waals surface area contributed by atoms with E-state index in [-0.39, 0.29) is 11.8 Å². The highest BCUT2D eigenvalue weighted by atomic mass is 16.1. The van der Waals surface area contributed by atoms with Gasteiger partial charge in [0.05, 0.1) is 0 Å². The lowest BCUT2D eigenvalue weighted by Crippen LogP contribution is -2.32. The van der Waals surface area contributed by atoms with Crippen molar-refractivity contribution in [1.29, 1.82) is 0 Å². The van der Waals surface area contributed by atoms with Crippen molar-refractivity contribution < 1.29 is 9.59 Å². The summed E-state index contributed by atoms with van der Waals surface area (Å²) in [6.07, 6.45) is 8.05. The summed E-state index contributed by atoms with van der Waals surface area (Å²) in [6.45, 7) is 0. The van der Waals surface area contributed by atoms with E-state index in [0.29, 0.717) is 36.2 Å². The third-order valence-corrected chi connectivity index (χ3v) is 5.07. The third kappa shape index (κ3) is 1.63. The van der Waals surface area contributed by atoms with Crippen LogP contribution in [-0.4, -0.2) is 11.6 Å². The highest BCUT2D eigenvalue weighted by Crippen LogP contribution is 2.44. The normalized spacial score (nSPS) is 43.8. The monoisotopic (exact) mass is 220 g/mol. The second-order valence-corrected chi connectivity index (χ2v) is 5.94. The molecule has 0 unspecified atom stereocenters. The molecule has 0 aromatic heterocycles. The van der Waals surface area contributed by atoms with E-state index in [1.807, 2.05) is 0 Å². The molecule has 3 saturated carbocycles. The van der Waals surface area contributed by atoms with E-state index in [9.17, 15) is 9.59 Å². The van der Waals surface area contributed by atoms with E-state index in [4.69, 9.17) is 0 Å². The van der Waals surface area contributed by atoms with Crippen LogP contribution in [0, 0.1) is 23.7 Å². The van der Waals surface area contributed by atoms with Crippen LogP contribution < -0.4 is 0 Å². The molecule has 88 valence electrons. The quantitative estimate of drug-likeness (QED) is 0.629. The molecule has 4 atom stereocenters. The van der Waals surface area contributed by atoms with Crippen LogP contribution in [0.2, 0.25) is 0 Å². The molecule has 3 rings (SSSR count). The Balaban J connectivity index is 1.84. The molecule has 0 aromatic rings. The van der Waals surface area contributed by atoms with Crippen LogP contribution in [0.4, 0.5) is 0 Å². The standard InChI is InChI=1S/C14H20O2/c15-13-8-10-4-2-6-12(10)14(16)7-9-3-1-5-11(9)13/h9-12H,1-8H2/t9-,10+,11+,12-. The van der Waals surface area contributed by atoms with Crippen molar-refractivity contribution in [2.24, 2.45) is 23.7 Å². The molecule has 0 bridgehead atoms. The molecular formula is C14H20O2. The lowest BCUT2D eigenvalue weighted by Gasteiger charge is -2.27. The predicted molar refractivity (Wildman–Crippen MR) is 60.9 cm³/mol. The molecule has 0 amide bonds. The van der Waals surface area contributed by atoms with Crippen molar-refractivity contribution >= 4 is 11.6 Å². The van der Waals surface area contributed by atoms with Crippen molar-refractivity contribution in [3.63, 3.8) is 0 Å². The number of Topliss-reactive ketones (excluding diaryl/α,β-unsaturated/α-hetero) is 2.